The molecule has 0 fully saturated rings. The molecule has 1 aromatic heterocycles. The molecule has 9 nitrogen and oxygen atoms in total. The normalized spacial score (nSPS) is 11.9. The van der Waals surface area contributed by atoms with Crippen LogP contribution in [0.3, 0.4) is 0 Å². The second kappa shape index (κ2) is 11.7. The highest BCUT2D eigenvalue weighted by Crippen LogP contribution is 2.24. The highest BCUT2D eigenvalue weighted by Gasteiger charge is 2.20. The van der Waals surface area contributed by atoms with Crippen LogP contribution in [-0.2, 0) is 22.6 Å². The molecular formula is C27H34N4O5. The van der Waals surface area contributed by atoms with E-state index >= 15 is 0 Å². The average molecular weight is 495 g/mol. The van der Waals surface area contributed by atoms with Gasteiger partial charge in [-0.25, -0.2) is 14.2 Å². The molecule has 3 aromatic rings. The number of nitrogens with one attached hydrogen (secondary N) is 1. The molecule has 192 valence electrons. The number of anilines is 2. The summed E-state index contributed by atoms with van der Waals surface area (Å²) in [7, 11) is 1.27. The van der Waals surface area contributed by atoms with E-state index in [1.165, 1.54) is 11.7 Å². The molecule has 0 aliphatic carbocycles. The number of hydrogen-bond donors (Lipinski definition) is 1. The quantitative estimate of drug-likeness (QED) is 0.429. The molecule has 0 saturated carbocycles. The minimum Gasteiger partial charge on any atom is -0.493 e. The van der Waals surface area contributed by atoms with Crippen LogP contribution < -0.4 is 21.4 Å². The minimum absolute atomic E-state index is 0.114. The molecule has 0 aliphatic rings. The van der Waals surface area contributed by atoms with Crippen molar-refractivity contribution in [3.63, 3.8) is 0 Å². The van der Waals surface area contributed by atoms with Gasteiger partial charge in [0.05, 0.1) is 26.2 Å². The van der Waals surface area contributed by atoms with Gasteiger partial charge in [0.25, 0.3) is 0 Å². The molecule has 0 spiro atoms. The summed E-state index contributed by atoms with van der Waals surface area (Å²) in [6.07, 6.45) is 0. The number of carbonyl (C=O) groups is 1. The lowest BCUT2D eigenvalue weighted by Gasteiger charge is -2.18. The SMILES string of the molecule is COC(=O)[C@@H](C)Cn1c(=O)nc(Nc2ccc(OCC(C)C)c(C)c2)n(Cc2ccc(C)cc2)c1=O. The Kier molecular flexibility index (Phi) is 8.68. The number of carbonyl (C=O) groups excluding carboxylic acids is 1. The van der Waals surface area contributed by atoms with Crippen LogP contribution >= 0.6 is 0 Å². The second-order valence-electron chi connectivity index (χ2n) is 9.42. The monoisotopic (exact) mass is 494 g/mol. The van der Waals surface area contributed by atoms with E-state index in [1.54, 1.807) is 6.92 Å². The summed E-state index contributed by atoms with van der Waals surface area (Å²) in [6, 6.07) is 13.3. The molecule has 0 aliphatic heterocycles. The zero-order valence-corrected chi connectivity index (χ0v) is 21.7. The summed E-state index contributed by atoms with van der Waals surface area (Å²) in [5.41, 5.74) is 2.22. The lowest BCUT2D eigenvalue weighted by atomic mass is 10.1. The Morgan fingerprint density at radius 3 is 2.33 bits per heavy atom. The molecule has 2 aromatic carbocycles. The van der Waals surface area contributed by atoms with Gasteiger partial charge < -0.3 is 14.8 Å². The zero-order valence-electron chi connectivity index (χ0n) is 21.7. The fourth-order valence-electron chi connectivity index (χ4n) is 3.62. The Bertz CT molecular complexity index is 1330. The lowest BCUT2D eigenvalue weighted by molar-refractivity contribution is -0.145. The van der Waals surface area contributed by atoms with Gasteiger partial charge in [-0.3, -0.25) is 9.36 Å². The van der Waals surface area contributed by atoms with Gasteiger partial charge in [-0.15, -0.1) is 0 Å². The van der Waals surface area contributed by atoms with Crippen molar-refractivity contribution in [3.05, 3.63) is 80.1 Å². The predicted octanol–water partition coefficient (Wildman–Crippen LogP) is 3.66. The summed E-state index contributed by atoms with van der Waals surface area (Å²) < 4.78 is 13.0. The van der Waals surface area contributed by atoms with Crippen molar-refractivity contribution in [2.45, 2.75) is 47.7 Å². The van der Waals surface area contributed by atoms with Gasteiger partial charge in [0.2, 0.25) is 5.95 Å². The van der Waals surface area contributed by atoms with Crippen LogP contribution in [0.25, 0.3) is 0 Å². The first-order valence-electron chi connectivity index (χ1n) is 11.9. The molecule has 0 unspecified atom stereocenters. The number of rotatable bonds is 10. The molecule has 1 heterocycles. The van der Waals surface area contributed by atoms with Gasteiger partial charge in [0.15, 0.2) is 0 Å². The van der Waals surface area contributed by atoms with Gasteiger partial charge in [-0.1, -0.05) is 50.6 Å². The highest BCUT2D eigenvalue weighted by atomic mass is 16.5. The molecule has 36 heavy (non-hydrogen) atoms. The van der Waals surface area contributed by atoms with Gasteiger partial charge in [0, 0.05) is 12.2 Å². The molecule has 3 rings (SSSR count). The van der Waals surface area contributed by atoms with Crippen LogP contribution in [0.1, 0.15) is 37.5 Å². The largest absolute Gasteiger partial charge is 0.493 e. The van der Waals surface area contributed by atoms with Crippen LogP contribution in [0.15, 0.2) is 52.1 Å². The number of hydrogen-bond acceptors (Lipinski definition) is 7. The average Bonchev–Trinajstić information content (AvgIpc) is 2.84. The van der Waals surface area contributed by atoms with E-state index in [4.69, 9.17) is 9.47 Å². The minimum atomic E-state index is -0.744. The summed E-state index contributed by atoms with van der Waals surface area (Å²) >= 11 is 0. The molecule has 0 saturated heterocycles. The van der Waals surface area contributed by atoms with E-state index < -0.39 is 23.3 Å². The number of methoxy groups -OCH3 is 1. The number of ether oxygens (including phenoxy) is 2. The lowest BCUT2D eigenvalue weighted by Crippen LogP contribution is -2.44. The third-order valence-electron chi connectivity index (χ3n) is 5.67. The smallest absolute Gasteiger partial charge is 0.354 e. The Balaban J connectivity index is 2.01. The molecular weight excluding hydrogens is 460 g/mol. The second-order valence-corrected chi connectivity index (χ2v) is 9.42. The summed E-state index contributed by atoms with van der Waals surface area (Å²) in [4.78, 5) is 42.4. The van der Waals surface area contributed by atoms with Crippen molar-refractivity contribution in [1.29, 1.82) is 0 Å². The number of aryl methyl sites for hydroxylation is 2. The Morgan fingerprint density at radius 1 is 1.03 bits per heavy atom. The third-order valence-corrected chi connectivity index (χ3v) is 5.67. The first-order valence-corrected chi connectivity index (χ1v) is 11.9. The third kappa shape index (κ3) is 6.62. The van der Waals surface area contributed by atoms with Gasteiger partial charge in [0.1, 0.15) is 5.75 Å². The van der Waals surface area contributed by atoms with Crippen molar-refractivity contribution < 1.29 is 14.3 Å². The van der Waals surface area contributed by atoms with Crippen LogP contribution in [0.4, 0.5) is 11.6 Å². The van der Waals surface area contributed by atoms with E-state index in [-0.39, 0.29) is 19.0 Å². The van der Waals surface area contributed by atoms with Crippen molar-refractivity contribution in [2.75, 3.05) is 19.0 Å². The van der Waals surface area contributed by atoms with E-state index in [9.17, 15) is 14.4 Å². The Hall–Kier alpha value is -3.88. The van der Waals surface area contributed by atoms with Crippen LogP contribution in [0.5, 0.6) is 5.75 Å². The summed E-state index contributed by atoms with van der Waals surface area (Å²) in [5, 5.41) is 3.12. The number of esters is 1. The maximum absolute atomic E-state index is 13.5. The topological polar surface area (TPSA) is 104 Å². The standard InChI is InChI=1S/C27H34N4O5/c1-17(2)16-36-23-12-11-22(13-19(23)4)28-25-29-26(33)31(14-20(5)24(32)35-6)27(34)30(25)15-21-9-7-18(3)8-10-21/h7-13,17,20H,14-16H2,1-6H3,(H,28,29,33)/t20-/m0/s1. The first kappa shape index (κ1) is 26.7. The van der Waals surface area contributed by atoms with Crippen molar-refractivity contribution >= 4 is 17.6 Å². The summed E-state index contributed by atoms with van der Waals surface area (Å²) in [5.74, 6) is 0.0870. The molecule has 0 bridgehead atoms. The Labute approximate surface area is 210 Å². The first-order chi connectivity index (χ1) is 17.1. The number of benzene rings is 2. The van der Waals surface area contributed by atoms with Crippen molar-refractivity contribution in [1.82, 2.24) is 14.1 Å². The fourth-order valence-corrected chi connectivity index (χ4v) is 3.62. The fraction of sp³-hybridized carbons (Fsp3) is 0.407. The molecule has 0 radical (unpaired) electrons. The van der Waals surface area contributed by atoms with Crippen LogP contribution in [0, 0.1) is 25.7 Å². The van der Waals surface area contributed by atoms with Gasteiger partial charge in [-0.05, 0) is 49.1 Å². The predicted molar refractivity (Wildman–Crippen MR) is 139 cm³/mol. The number of aromatic nitrogens is 3. The van der Waals surface area contributed by atoms with Crippen LogP contribution in [-0.4, -0.2) is 33.8 Å². The zero-order chi connectivity index (χ0) is 26.4. The summed E-state index contributed by atoms with van der Waals surface area (Å²) in [6.45, 7) is 10.3. The van der Waals surface area contributed by atoms with E-state index in [1.807, 2.05) is 56.3 Å². The highest BCUT2D eigenvalue weighted by molar-refractivity contribution is 5.71. The molecule has 1 atom stereocenters. The van der Waals surface area contributed by atoms with E-state index in [0.29, 0.717) is 18.2 Å². The molecule has 1 N–H and O–H groups in total. The van der Waals surface area contributed by atoms with E-state index in [2.05, 4.69) is 24.1 Å². The molecule has 0 amide bonds. The number of nitrogens with zero attached hydrogens (tertiary/aromatic N) is 3. The van der Waals surface area contributed by atoms with Crippen molar-refractivity contribution in [2.24, 2.45) is 11.8 Å². The van der Waals surface area contributed by atoms with Crippen molar-refractivity contribution in [3.8, 4) is 5.75 Å². The molecule has 9 heteroatoms. The van der Waals surface area contributed by atoms with Gasteiger partial charge in [-0.2, -0.15) is 4.98 Å². The van der Waals surface area contributed by atoms with Gasteiger partial charge >= 0.3 is 17.3 Å². The Morgan fingerprint density at radius 2 is 1.72 bits per heavy atom. The maximum atomic E-state index is 13.5. The van der Waals surface area contributed by atoms with E-state index in [0.717, 1.165) is 27.0 Å². The maximum Gasteiger partial charge on any atom is 0.354 e. The van der Waals surface area contributed by atoms with Crippen LogP contribution in [0.2, 0.25) is 0 Å².